The number of allylic oxidation sites excluding steroid dienone is 1. The first-order valence-electron chi connectivity index (χ1n) is 11.0. The van der Waals surface area contributed by atoms with Crippen LogP contribution in [-0.4, -0.2) is 25.7 Å². The van der Waals surface area contributed by atoms with E-state index in [4.69, 9.17) is 0 Å². The van der Waals surface area contributed by atoms with Crippen molar-refractivity contribution >= 4 is 0 Å². The van der Waals surface area contributed by atoms with Crippen LogP contribution in [0.4, 0.5) is 0 Å². The van der Waals surface area contributed by atoms with Gasteiger partial charge in [0.1, 0.15) is 0 Å². The highest BCUT2D eigenvalue weighted by Gasteiger charge is 2.14. The van der Waals surface area contributed by atoms with Gasteiger partial charge in [-0.3, -0.25) is 0 Å². The van der Waals surface area contributed by atoms with Crippen molar-refractivity contribution in [2.45, 2.75) is 57.4 Å². The van der Waals surface area contributed by atoms with Crippen molar-refractivity contribution in [3.05, 3.63) is 83.4 Å². The van der Waals surface area contributed by atoms with Crippen molar-refractivity contribution < 1.29 is 0 Å². The van der Waals surface area contributed by atoms with Gasteiger partial charge < -0.3 is 10.6 Å². The predicted octanol–water partition coefficient (Wildman–Crippen LogP) is 5.67. The van der Waals surface area contributed by atoms with Crippen LogP contribution in [-0.2, 0) is 0 Å². The first-order chi connectivity index (χ1) is 13.8. The Kier molecular flexibility index (Phi) is 8.80. The lowest BCUT2D eigenvalue weighted by Gasteiger charge is -2.21. The summed E-state index contributed by atoms with van der Waals surface area (Å²) in [4.78, 5) is 0. The molecule has 0 saturated carbocycles. The number of hydrogen-bond donors (Lipinski definition) is 2. The van der Waals surface area contributed by atoms with Gasteiger partial charge in [0.05, 0.1) is 0 Å². The molecule has 2 N–H and O–H groups in total. The smallest absolute Gasteiger partial charge is 0.0164 e. The van der Waals surface area contributed by atoms with E-state index in [1.165, 1.54) is 43.2 Å². The summed E-state index contributed by atoms with van der Waals surface area (Å²) in [6.07, 6.45) is 10.2. The van der Waals surface area contributed by atoms with Crippen molar-refractivity contribution in [3.8, 4) is 0 Å². The van der Waals surface area contributed by atoms with Crippen LogP contribution in [0.25, 0.3) is 0 Å². The molecule has 1 unspecified atom stereocenters. The first kappa shape index (κ1) is 20.8. The highest BCUT2D eigenvalue weighted by molar-refractivity contribution is 5.32. The number of rotatable bonds is 11. The standard InChI is InChI=1S/C26H36N2/c1-22(21-27-19-17-23-11-5-2-6-12-23)28-20-18-26(24-13-7-3-8-14-24)25-15-9-4-10-16-25/h3-4,7-11,13-16,22,26-28H,2,5-6,12,17-21H2,1H3. The van der Waals surface area contributed by atoms with Crippen LogP contribution in [0.3, 0.4) is 0 Å². The minimum Gasteiger partial charge on any atom is -0.315 e. The van der Waals surface area contributed by atoms with Crippen LogP contribution in [0, 0.1) is 0 Å². The van der Waals surface area contributed by atoms with E-state index in [1.54, 1.807) is 5.57 Å². The van der Waals surface area contributed by atoms with Gasteiger partial charge in [0.2, 0.25) is 0 Å². The van der Waals surface area contributed by atoms with E-state index in [2.05, 4.69) is 84.3 Å². The highest BCUT2D eigenvalue weighted by atomic mass is 15.0. The zero-order valence-electron chi connectivity index (χ0n) is 17.4. The Bertz CT molecular complexity index is 653. The van der Waals surface area contributed by atoms with Gasteiger partial charge in [-0.25, -0.2) is 0 Å². The van der Waals surface area contributed by atoms with Crippen LogP contribution in [0.1, 0.15) is 62.5 Å². The fourth-order valence-electron chi connectivity index (χ4n) is 4.14. The van der Waals surface area contributed by atoms with Crippen LogP contribution in [0.2, 0.25) is 0 Å². The lowest BCUT2D eigenvalue weighted by atomic mass is 9.88. The van der Waals surface area contributed by atoms with Crippen LogP contribution >= 0.6 is 0 Å². The largest absolute Gasteiger partial charge is 0.315 e. The minimum atomic E-state index is 0.452. The molecule has 0 heterocycles. The molecule has 2 aromatic carbocycles. The molecule has 28 heavy (non-hydrogen) atoms. The number of nitrogens with one attached hydrogen (secondary N) is 2. The van der Waals surface area contributed by atoms with E-state index in [9.17, 15) is 0 Å². The maximum absolute atomic E-state index is 3.71. The van der Waals surface area contributed by atoms with Gasteiger partial charge in [-0.15, -0.1) is 0 Å². The summed E-state index contributed by atoms with van der Waals surface area (Å²) >= 11 is 0. The van der Waals surface area contributed by atoms with Gasteiger partial charge in [-0.2, -0.15) is 0 Å². The van der Waals surface area contributed by atoms with Gasteiger partial charge in [-0.1, -0.05) is 72.3 Å². The molecule has 3 rings (SSSR count). The fraction of sp³-hybridized carbons (Fsp3) is 0.462. The van der Waals surface area contributed by atoms with Crippen molar-refractivity contribution in [1.82, 2.24) is 10.6 Å². The Morgan fingerprint density at radius 1 is 0.857 bits per heavy atom. The first-order valence-corrected chi connectivity index (χ1v) is 11.0. The van der Waals surface area contributed by atoms with Crippen molar-refractivity contribution in [2.24, 2.45) is 0 Å². The monoisotopic (exact) mass is 376 g/mol. The van der Waals surface area contributed by atoms with Gasteiger partial charge in [0, 0.05) is 18.5 Å². The van der Waals surface area contributed by atoms with Crippen molar-refractivity contribution in [3.63, 3.8) is 0 Å². The molecule has 150 valence electrons. The molecule has 0 aromatic heterocycles. The number of hydrogen-bond acceptors (Lipinski definition) is 2. The summed E-state index contributed by atoms with van der Waals surface area (Å²) in [5, 5.41) is 7.34. The second-order valence-corrected chi connectivity index (χ2v) is 8.08. The molecule has 2 heteroatoms. The summed E-state index contributed by atoms with van der Waals surface area (Å²) in [6.45, 7) is 5.46. The Labute approximate surface area is 171 Å². The Hall–Kier alpha value is -1.90. The zero-order valence-corrected chi connectivity index (χ0v) is 17.4. The minimum absolute atomic E-state index is 0.452. The second kappa shape index (κ2) is 11.8. The van der Waals surface area contributed by atoms with E-state index >= 15 is 0 Å². The summed E-state index contributed by atoms with van der Waals surface area (Å²) in [7, 11) is 0. The molecule has 0 fully saturated rings. The molecule has 1 aliphatic rings. The average Bonchev–Trinajstić information content (AvgIpc) is 2.76. The topological polar surface area (TPSA) is 24.1 Å². The molecule has 2 aromatic rings. The molecule has 0 radical (unpaired) electrons. The lowest BCUT2D eigenvalue weighted by molar-refractivity contribution is 0.487. The quantitative estimate of drug-likeness (QED) is 0.390. The normalized spacial score (nSPS) is 15.4. The van der Waals surface area contributed by atoms with E-state index in [0.29, 0.717) is 12.0 Å². The zero-order chi connectivity index (χ0) is 19.4. The van der Waals surface area contributed by atoms with Gasteiger partial charge in [0.15, 0.2) is 0 Å². The van der Waals surface area contributed by atoms with Gasteiger partial charge in [0.25, 0.3) is 0 Å². The van der Waals surface area contributed by atoms with Crippen molar-refractivity contribution in [2.75, 3.05) is 19.6 Å². The molecular weight excluding hydrogens is 340 g/mol. The van der Waals surface area contributed by atoms with Crippen LogP contribution in [0.15, 0.2) is 72.3 Å². The SMILES string of the molecule is CC(CNCCC1=CCCCC1)NCCC(c1ccccc1)c1ccccc1. The summed E-state index contributed by atoms with van der Waals surface area (Å²) in [5.41, 5.74) is 4.47. The lowest BCUT2D eigenvalue weighted by Crippen LogP contribution is -2.37. The number of benzene rings is 2. The van der Waals surface area contributed by atoms with Crippen LogP contribution in [0.5, 0.6) is 0 Å². The molecule has 1 aliphatic carbocycles. The van der Waals surface area contributed by atoms with E-state index in [-0.39, 0.29) is 0 Å². The van der Waals surface area contributed by atoms with E-state index in [0.717, 1.165) is 26.1 Å². The van der Waals surface area contributed by atoms with Crippen LogP contribution < -0.4 is 10.6 Å². The summed E-state index contributed by atoms with van der Waals surface area (Å²) in [5.74, 6) is 0.452. The fourth-order valence-corrected chi connectivity index (χ4v) is 4.14. The summed E-state index contributed by atoms with van der Waals surface area (Å²) < 4.78 is 0. The highest BCUT2D eigenvalue weighted by Crippen LogP contribution is 2.27. The third kappa shape index (κ3) is 6.92. The summed E-state index contributed by atoms with van der Waals surface area (Å²) in [6, 6.07) is 22.3. The third-order valence-electron chi connectivity index (χ3n) is 5.79. The van der Waals surface area contributed by atoms with Crippen molar-refractivity contribution in [1.29, 1.82) is 0 Å². The molecule has 1 atom stereocenters. The van der Waals surface area contributed by atoms with E-state index in [1.807, 2.05) is 0 Å². The molecule has 0 amide bonds. The predicted molar refractivity (Wildman–Crippen MR) is 121 cm³/mol. The maximum atomic E-state index is 3.71. The maximum Gasteiger partial charge on any atom is 0.0164 e. The Morgan fingerprint density at radius 2 is 1.54 bits per heavy atom. The third-order valence-corrected chi connectivity index (χ3v) is 5.79. The van der Waals surface area contributed by atoms with E-state index < -0.39 is 0 Å². The van der Waals surface area contributed by atoms with Gasteiger partial charge in [-0.05, 0) is 69.7 Å². The Morgan fingerprint density at radius 3 is 2.14 bits per heavy atom. The molecule has 0 bridgehead atoms. The molecule has 0 spiro atoms. The molecule has 0 saturated heterocycles. The Balaban J connectivity index is 1.40. The second-order valence-electron chi connectivity index (χ2n) is 8.08. The average molecular weight is 377 g/mol. The molecule has 0 aliphatic heterocycles. The van der Waals surface area contributed by atoms with Gasteiger partial charge >= 0.3 is 0 Å². The molecular formula is C26H36N2. The molecule has 2 nitrogen and oxygen atoms in total.